The van der Waals surface area contributed by atoms with Crippen molar-refractivity contribution in [3.8, 4) is 16.6 Å². The molecule has 31 heavy (non-hydrogen) atoms. The molecule has 0 saturated heterocycles. The van der Waals surface area contributed by atoms with E-state index >= 15 is 0 Å². The van der Waals surface area contributed by atoms with Gasteiger partial charge in [-0.25, -0.2) is 9.55 Å². The van der Waals surface area contributed by atoms with Crippen molar-refractivity contribution in [3.05, 3.63) is 62.8 Å². The molecule has 2 aromatic heterocycles. The molecule has 0 aliphatic carbocycles. The van der Waals surface area contributed by atoms with Gasteiger partial charge in [-0.2, -0.15) is 13.2 Å². The standard InChI is InChI=1S/C19H16F3N5O3S/c1-30-18-24-16(27(28)29)11-26(18)8-2-7-25-9-14-15(10-25)31-17(23-14)12-3-5-13(6-4-12)19(20,21)22/h2-6,8,11H,7,9-10H2,1H3/b8-2+. The van der Waals surface area contributed by atoms with Crippen molar-refractivity contribution in [1.29, 1.82) is 0 Å². The Morgan fingerprint density at radius 1 is 1.26 bits per heavy atom. The Kier molecular flexibility index (Phi) is 5.50. The van der Waals surface area contributed by atoms with Gasteiger partial charge in [-0.05, 0) is 17.1 Å². The molecule has 0 N–H and O–H groups in total. The van der Waals surface area contributed by atoms with Gasteiger partial charge < -0.3 is 14.9 Å². The molecule has 1 aliphatic heterocycles. The Bertz CT molecular complexity index is 1110. The molecular formula is C19H16F3N5O3S. The lowest BCUT2D eigenvalue weighted by molar-refractivity contribution is -0.389. The predicted octanol–water partition coefficient (Wildman–Crippen LogP) is 4.43. The van der Waals surface area contributed by atoms with Crippen molar-refractivity contribution >= 4 is 23.4 Å². The summed E-state index contributed by atoms with van der Waals surface area (Å²) in [5.74, 6) is -0.301. The van der Waals surface area contributed by atoms with Crippen molar-refractivity contribution in [2.24, 2.45) is 0 Å². The highest BCUT2D eigenvalue weighted by atomic mass is 32.1. The van der Waals surface area contributed by atoms with Crippen LogP contribution < -0.4 is 4.74 Å². The van der Waals surface area contributed by atoms with Crippen molar-refractivity contribution in [1.82, 2.24) is 19.4 Å². The zero-order valence-electron chi connectivity index (χ0n) is 16.2. The lowest BCUT2D eigenvalue weighted by Crippen LogP contribution is -2.16. The highest BCUT2D eigenvalue weighted by molar-refractivity contribution is 7.15. The summed E-state index contributed by atoms with van der Waals surface area (Å²) in [5.41, 5.74) is 0.884. The van der Waals surface area contributed by atoms with E-state index in [1.54, 1.807) is 6.20 Å². The summed E-state index contributed by atoms with van der Waals surface area (Å²) in [7, 11) is 1.38. The second kappa shape index (κ2) is 8.12. The molecule has 8 nitrogen and oxygen atoms in total. The Morgan fingerprint density at radius 2 is 2.00 bits per heavy atom. The summed E-state index contributed by atoms with van der Waals surface area (Å²) < 4.78 is 44.6. The average Bonchev–Trinajstić information content (AvgIpc) is 3.40. The fourth-order valence-corrected chi connectivity index (χ4v) is 4.29. The molecule has 162 valence electrons. The molecule has 12 heteroatoms. The van der Waals surface area contributed by atoms with E-state index in [9.17, 15) is 23.3 Å². The first-order valence-corrected chi connectivity index (χ1v) is 9.88. The number of nitrogens with zero attached hydrogens (tertiary/aromatic N) is 5. The normalized spacial score (nSPS) is 14.3. The van der Waals surface area contributed by atoms with Crippen LogP contribution in [0.4, 0.5) is 19.0 Å². The minimum absolute atomic E-state index is 0.117. The van der Waals surface area contributed by atoms with Crippen LogP contribution in [0.25, 0.3) is 16.8 Å². The lowest BCUT2D eigenvalue weighted by atomic mass is 10.1. The highest BCUT2D eigenvalue weighted by Crippen LogP contribution is 2.35. The molecule has 1 aliphatic rings. The summed E-state index contributed by atoms with van der Waals surface area (Å²) >= 11 is 1.47. The van der Waals surface area contributed by atoms with Gasteiger partial charge in [0.25, 0.3) is 0 Å². The van der Waals surface area contributed by atoms with Crippen LogP contribution in [-0.2, 0) is 19.3 Å². The van der Waals surface area contributed by atoms with Gasteiger partial charge in [-0.15, -0.1) is 11.3 Å². The van der Waals surface area contributed by atoms with Gasteiger partial charge in [0.05, 0.1) is 18.4 Å². The molecule has 0 amide bonds. The molecule has 3 aromatic rings. The second-order valence-electron chi connectivity index (χ2n) is 6.77. The quantitative estimate of drug-likeness (QED) is 0.407. The monoisotopic (exact) mass is 451 g/mol. The van der Waals surface area contributed by atoms with Gasteiger partial charge in [0, 0.05) is 41.3 Å². The minimum Gasteiger partial charge on any atom is -0.449 e. The van der Waals surface area contributed by atoms with Crippen molar-refractivity contribution in [2.75, 3.05) is 13.7 Å². The number of fused-ring (bicyclic) bond motifs is 1. The fourth-order valence-electron chi connectivity index (χ4n) is 3.18. The maximum Gasteiger partial charge on any atom is 0.418 e. The zero-order valence-corrected chi connectivity index (χ0v) is 17.0. The van der Waals surface area contributed by atoms with Gasteiger partial charge >= 0.3 is 18.0 Å². The van der Waals surface area contributed by atoms with E-state index < -0.39 is 16.7 Å². The van der Waals surface area contributed by atoms with Crippen LogP contribution in [0.5, 0.6) is 6.01 Å². The summed E-state index contributed by atoms with van der Waals surface area (Å²) in [4.78, 5) is 21.8. The van der Waals surface area contributed by atoms with Crippen molar-refractivity contribution in [2.45, 2.75) is 19.3 Å². The first-order valence-electron chi connectivity index (χ1n) is 9.07. The van der Waals surface area contributed by atoms with E-state index in [0.29, 0.717) is 30.2 Å². The third kappa shape index (κ3) is 4.44. The van der Waals surface area contributed by atoms with E-state index in [4.69, 9.17) is 4.74 Å². The van der Waals surface area contributed by atoms with Gasteiger partial charge in [-0.1, -0.05) is 18.2 Å². The molecule has 0 saturated carbocycles. The molecule has 0 spiro atoms. The number of rotatable bonds is 6. The third-order valence-corrected chi connectivity index (χ3v) is 5.79. The summed E-state index contributed by atoms with van der Waals surface area (Å²) in [6.07, 6.45) is 0.393. The van der Waals surface area contributed by atoms with Crippen LogP contribution in [0, 0.1) is 10.1 Å². The number of thiazole rings is 1. The van der Waals surface area contributed by atoms with Crippen LogP contribution in [0.2, 0.25) is 0 Å². The van der Waals surface area contributed by atoms with E-state index in [-0.39, 0.29) is 11.8 Å². The van der Waals surface area contributed by atoms with Crippen LogP contribution in [0.1, 0.15) is 16.1 Å². The minimum atomic E-state index is -4.36. The number of benzene rings is 1. The average molecular weight is 451 g/mol. The number of imidazole rings is 1. The zero-order chi connectivity index (χ0) is 22.2. The van der Waals surface area contributed by atoms with E-state index in [1.807, 2.05) is 6.08 Å². The lowest BCUT2D eigenvalue weighted by Gasteiger charge is -2.11. The first kappa shape index (κ1) is 21.0. The van der Waals surface area contributed by atoms with Crippen molar-refractivity contribution < 1.29 is 22.8 Å². The molecule has 0 atom stereocenters. The van der Waals surface area contributed by atoms with Crippen LogP contribution >= 0.6 is 11.3 Å². The number of hydrogen-bond donors (Lipinski definition) is 0. The number of hydrogen-bond acceptors (Lipinski definition) is 7. The number of aromatic nitrogens is 3. The fraction of sp³-hybridized carbons (Fsp3) is 0.263. The van der Waals surface area contributed by atoms with E-state index in [0.717, 1.165) is 22.7 Å². The summed E-state index contributed by atoms with van der Waals surface area (Å²) in [6.45, 7) is 1.85. The Balaban J connectivity index is 1.39. The van der Waals surface area contributed by atoms with Crippen LogP contribution in [0.3, 0.4) is 0 Å². The van der Waals surface area contributed by atoms with Gasteiger partial charge in [-0.3, -0.25) is 4.90 Å². The smallest absolute Gasteiger partial charge is 0.418 e. The maximum absolute atomic E-state index is 12.7. The number of methoxy groups -OCH3 is 1. The van der Waals surface area contributed by atoms with Crippen molar-refractivity contribution in [3.63, 3.8) is 0 Å². The number of halogens is 3. The summed E-state index contributed by atoms with van der Waals surface area (Å²) in [6, 6.07) is 5.12. The van der Waals surface area contributed by atoms with Gasteiger partial charge in [0.1, 0.15) is 11.2 Å². The molecule has 3 heterocycles. The van der Waals surface area contributed by atoms with E-state index in [1.165, 1.54) is 41.3 Å². The predicted molar refractivity (Wildman–Crippen MR) is 107 cm³/mol. The molecule has 0 radical (unpaired) electrons. The SMILES string of the molecule is COc1nc([N+](=O)[O-])cn1/C=C/CN1Cc2nc(-c3ccc(C(F)(F)F)cc3)sc2C1. The Hall–Kier alpha value is -3.25. The first-order chi connectivity index (χ1) is 14.7. The largest absolute Gasteiger partial charge is 0.449 e. The summed E-state index contributed by atoms with van der Waals surface area (Å²) in [5, 5.41) is 11.5. The molecule has 0 fully saturated rings. The molecule has 1 aromatic carbocycles. The molecule has 0 bridgehead atoms. The maximum atomic E-state index is 12.7. The van der Waals surface area contributed by atoms with Gasteiger partial charge in [0.15, 0.2) is 0 Å². The van der Waals surface area contributed by atoms with E-state index in [2.05, 4.69) is 14.9 Å². The molecule has 0 unspecified atom stereocenters. The topological polar surface area (TPSA) is 86.3 Å². The van der Waals surface area contributed by atoms with Crippen LogP contribution in [-0.4, -0.2) is 38.0 Å². The number of nitro groups is 1. The number of alkyl halides is 3. The molecular weight excluding hydrogens is 435 g/mol. The van der Waals surface area contributed by atoms with Gasteiger partial charge in [0.2, 0.25) is 0 Å². The molecule has 4 rings (SSSR count). The Labute approximate surface area is 178 Å². The van der Waals surface area contributed by atoms with Crippen LogP contribution in [0.15, 0.2) is 36.5 Å². The Morgan fingerprint density at radius 3 is 2.61 bits per heavy atom. The second-order valence-corrected chi connectivity index (χ2v) is 7.85. The number of ether oxygens (including phenoxy) is 1. The highest BCUT2D eigenvalue weighted by Gasteiger charge is 2.30. The third-order valence-electron chi connectivity index (χ3n) is 4.66.